The number of nitro groups is 1. The van der Waals surface area contributed by atoms with Crippen molar-refractivity contribution in [3.8, 4) is 17.3 Å². The standard InChI is InChI=1S/C28H32FN9O3/c1-34-10-12-36(13-11-34)19-7-9-37(17-19)24-16-26(41-3)22(15-25(24)38(39)40)33-28-30-8-6-20(32-28)27-31-21-14-18(29)4-5-23(21)35(27)2/h4-6,8,14-16,19H,7,9-13,17H2,1-3H3,(H,30,32,33)/t19-/m0/s1. The van der Waals surface area contributed by atoms with Crippen LogP contribution in [-0.2, 0) is 7.05 Å². The monoisotopic (exact) mass is 561 g/mol. The van der Waals surface area contributed by atoms with Crippen LogP contribution in [0.4, 0.5) is 27.4 Å². The summed E-state index contributed by atoms with van der Waals surface area (Å²) in [5, 5.41) is 15.3. The van der Waals surface area contributed by atoms with Crippen molar-refractivity contribution >= 4 is 34.0 Å². The Labute approximate surface area is 236 Å². The smallest absolute Gasteiger partial charge is 0.294 e. The van der Waals surface area contributed by atoms with Crippen molar-refractivity contribution in [3.05, 3.63) is 58.5 Å². The minimum Gasteiger partial charge on any atom is -0.494 e. The number of hydrogen-bond donors (Lipinski definition) is 1. The van der Waals surface area contributed by atoms with E-state index in [1.165, 1.54) is 25.3 Å². The molecule has 0 aliphatic carbocycles. The van der Waals surface area contributed by atoms with Crippen LogP contribution in [-0.4, -0.2) is 93.7 Å². The van der Waals surface area contributed by atoms with Gasteiger partial charge in [0.25, 0.3) is 5.69 Å². The van der Waals surface area contributed by atoms with Crippen molar-refractivity contribution in [1.29, 1.82) is 0 Å². The number of fused-ring (bicyclic) bond motifs is 1. The molecule has 4 aromatic rings. The maximum atomic E-state index is 13.7. The summed E-state index contributed by atoms with van der Waals surface area (Å²) in [5.74, 6) is 0.833. The van der Waals surface area contributed by atoms with Gasteiger partial charge in [0, 0.05) is 76.8 Å². The molecule has 2 aliphatic heterocycles. The number of ether oxygens (including phenoxy) is 1. The maximum absolute atomic E-state index is 13.7. The topological polar surface area (TPSA) is 118 Å². The van der Waals surface area contributed by atoms with Crippen LogP contribution in [0.15, 0.2) is 42.6 Å². The quantitative estimate of drug-likeness (QED) is 0.265. The van der Waals surface area contributed by atoms with E-state index in [2.05, 4.69) is 42.0 Å². The summed E-state index contributed by atoms with van der Waals surface area (Å²) in [4.78, 5) is 32.2. The zero-order valence-corrected chi connectivity index (χ0v) is 23.2. The van der Waals surface area contributed by atoms with E-state index in [1.807, 2.05) is 11.6 Å². The number of imidazole rings is 1. The first kappa shape index (κ1) is 26.8. The van der Waals surface area contributed by atoms with Gasteiger partial charge < -0.3 is 24.4 Å². The second kappa shape index (κ2) is 10.9. The van der Waals surface area contributed by atoms with Crippen LogP contribution < -0.4 is 15.0 Å². The van der Waals surface area contributed by atoms with Crippen molar-refractivity contribution in [3.63, 3.8) is 0 Å². The first-order chi connectivity index (χ1) is 19.8. The Morgan fingerprint density at radius 1 is 1.07 bits per heavy atom. The van der Waals surface area contributed by atoms with Crippen molar-refractivity contribution in [1.82, 2.24) is 29.3 Å². The number of benzene rings is 2. The fourth-order valence-corrected chi connectivity index (χ4v) is 5.74. The van der Waals surface area contributed by atoms with Crippen molar-refractivity contribution in [2.75, 3.05) is 63.6 Å². The van der Waals surface area contributed by atoms with Crippen molar-refractivity contribution in [2.45, 2.75) is 12.5 Å². The Bertz CT molecular complexity index is 1600. The molecular formula is C28H32FN9O3. The van der Waals surface area contributed by atoms with Gasteiger partial charge in [-0.25, -0.2) is 19.3 Å². The number of nitrogens with one attached hydrogen (secondary N) is 1. The summed E-state index contributed by atoms with van der Waals surface area (Å²) in [7, 11) is 5.49. The van der Waals surface area contributed by atoms with E-state index in [9.17, 15) is 14.5 Å². The van der Waals surface area contributed by atoms with E-state index < -0.39 is 0 Å². The van der Waals surface area contributed by atoms with Crippen LogP contribution in [0.2, 0.25) is 0 Å². The van der Waals surface area contributed by atoms with E-state index in [1.54, 1.807) is 24.4 Å². The number of hydrogen-bond acceptors (Lipinski definition) is 10. The summed E-state index contributed by atoms with van der Waals surface area (Å²) in [5.41, 5.74) is 2.69. The van der Waals surface area contributed by atoms with E-state index in [0.29, 0.717) is 40.2 Å². The molecule has 2 aromatic heterocycles. The number of anilines is 3. The molecule has 1 atom stereocenters. The number of nitrogens with zero attached hydrogens (tertiary/aromatic N) is 8. The molecular weight excluding hydrogens is 529 g/mol. The second-order valence-corrected chi connectivity index (χ2v) is 10.5. The molecule has 2 aliphatic rings. The normalized spacial score (nSPS) is 18.2. The van der Waals surface area contributed by atoms with Gasteiger partial charge in [-0.3, -0.25) is 15.0 Å². The summed E-state index contributed by atoms with van der Waals surface area (Å²) in [6.45, 7) is 5.54. The minimum atomic E-state index is -0.367. The second-order valence-electron chi connectivity index (χ2n) is 10.5. The number of halogens is 1. The molecule has 0 unspecified atom stereocenters. The average Bonchev–Trinajstić information content (AvgIpc) is 3.58. The predicted molar refractivity (Wildman–Crippen MR) is 154 cm³/mol. The van der Waals surface area contributed by atoms with Crippen LogP contribution in [0.3, 0.4) is 0 Å². The molecule has 0 amide bonds. The lowest BCUT2D eigenvalue weighted by atomic mass is 10.2. The molecule has 0 bridgehead atoms. The molecule has 4 heterocycles. The Hall–Kier alpha value is -4.36. The van der Waals surface area contributed by atoms with Crippen molar-refractivity contribution < 1.29 is 14.1 Å². The summed E-state index contributed by atoms with van der Waals surface area (Å²) in [6.07, 6.45) is 2.53. The molecule has 41 heavy (non-hydrogen) atoms. The molecule has 2 fully saturated rings. The molecule has 1 N–H and O–H groups in total. The summed E-state index contributed by atoms with van der Waals surface area (Å²) >= 11 is 0. The van der Waals surface area contributed by atoms with Gasteiger partial charge in [0.05, 0.1) is 28.8 Å². The Morgan fingerprint density at radius 3 is 2.63 bits per heavy atom. The molecule has 0 saturated carbocycles. The lowest BCUT2D eigenvalue weighted by Crippen LogP contribution is -2.49. The Kier molecular flexibility index (Phi) is 7.14. The van der Waals surface area contributed by atoms with Gasteiger partial charge in [-0.2, -0.15) is 0 Å². The molecule has 6 rings (SSSR count). The molecule has 12 nitrogen and oxygen atoms in total. The Morgan fingerprint density at radius 2 is 1.88 bits per heavy atom. The summed E-state index contributed by atoms with van der Waals surface area (Å²) < 4.78 is 21.2. The van der Waals surface area contributed by atoms with Crippen molar-refractivity contribution in [2.24, 2.45) is 7.05 Å². The number of likely N-dealkylation sites (N-methyl/N-ethyl adjacent to an activating group) is 1. The van der Waals surface area contributed by atoms with Gasteiger partial charge in [0.15, 0.2) is 5.82 Å². The lowest BCUT2D eigenvalue weighted by molar-refractivity contribution is -0.384. The highest BCUT2D eigenvalue weighted by Gasteiger charge is 2.33. The number of piperazine rings is 1. The van der Waals surface area contributed by atoms with Crippen LogP contribution in [0.25, 0.3) is 22.6 Å². The van der Waals surface area contributed by atoms with Gasteiger partial charge in [-0.05, 0) is 31.7 Å². The van der Waals surface area contributed by atoms with Gasteiger partial charge >= 0.3 is 0 Å². The predicted octanol–water partition coefficient (Wildman–Crippen LogP) is 3.66. The van der Waals surface area contributed by atoms with Crippen LogP contribution in [0.1, 0.15) is 6.42 Å². The van der Waals surface area contributed by atoms with E-state index in [4.69, 9.17) is 4.74 Å². The fraction of sp³-hybridized carbons (Fsp3) is 0.393. The molecule has 2 saturated heterocycles. The van der Waals surface area contributed by atoms with Gasteiger partial charge in [-0.15, -0.1) is 0 Å². The number of methoxy groups -OCH3 is 1. The highest BCUT2D eigenvalue weighted by molar-refractivity contribution is 5.80. The third-order valence-corrected chi connectivity index (χ3v) is 8.03. The number of aromatic nitrogens is 4. The third-order valence-electron chi connectivity index (χ3n) is 8.03. The highest BCUT2D eigenvalue weighted by Crippen LogP contribution is 2.41. The highest BCUT2D eigenvalue weighted by atomic mass is 19.1. The van der Waals surface area contributed by atoms with Crippen LogP contribution in [0, 0.1) is 15.9 Å². The van der Waals surface area contributed by atoms with Gasteiger partial charge in [0.2, 0.25) is 5.95 Å². The van der Waals surface area contributed by atoms with Gasteiger partial charge in [-0.1, -0.05) is 0 Å². The molecule has 0 spiro atoms. The largest absolute Gasteiger partial charge is 0.494 e. The molecule has 13 heteroatoms. The van der Waals surface area contributed by atoms with Crippen LogP contribution >= 0.6 is 0 Å². The van der Waals surface area contributed by atoms with E-state index >= 15 is 0 Å². The lowest BCUT2D eigenvalue weighted by Gasteiger charge is -2.36. The zero-order chi connectivity index (χ0) is 28.7. The first-order valence-corrected chi connectivity index (χ1v) is 13.6. The number of rotatable bonds is 7. The zero-order valence-electron chi connectivity index (χ0n) is 23.2. The number of nitro benzene ring substituents is 1. The molecule has 214 valence electrons. The Balaban J connectivity index is 1.27. The van der Waals surface area contributed by atoms with E-state index in [0.717, 1.165) is 51.2 Å². The van der Waals surface area contributed by atoms with E-state index in [-0.39, 0.29) is 22.4 Å². The third kappa shape index (κ3) is 5.25. The maximum Gasteiger partial charge on any atom is 0.294 e. The molecule has 2 aromatic carbocycles. The average molecular weight is 562 g/mol. The minimum absolute atomic E-state index is 0.0131. The number of aryl methyl sites for hydroxylation is 1. The van der Waals surface area contributed by atoms with Crippen LogP contribution in [0.5, 0.6) is 5.75 Å². The summed E-state index contributed by atoms with van der Waals surface area (Å²) in [6, 6.07) is 9.69. The van der Waals surface area contributed by atoms with Gasteiger partial charge in [0.1, 0.15) is 22.9 Å². The molecule has 0 radical (unpaired) electrons. The first-order valence-electron chi connectivity index (χ1n) is 13.6. The fourth-order valence-electron chi connectivity index (χ4n) is 5.74. The SMILES string of the molecule is COc1cc(N2CC[C@H](N3CCN(C)CC3)C2)c([N+](=O)[O-])cc1Nc1nccc(-c2nc3cc(F)ccc3n2C)n1.